The van der Waals surface area contributed by atoms with Crippen LogP contribution in [0.15, 0.2) is 28.8 Å². The Balaban J connectivity index is 0.00000208. The zero-order valence-electron chi connectivity index (χ0n) is 13.3. The summed E-state index contributed by atoms with van der Waals surface area (Å²) in [5, 5.41) is 10.7. The van der Waals surface area contributed by atoms with E-state index in [-0.39, 0.29) is 24.2 Å². The van der Waals surface area contributed by atoms with E-state index in [2.05, 4.69) is 20.8 Å². The molecule has 0 saturated carbocycles. The molecule has 1 unspecified atom stereocenters. The highest BCUT2D eigenvalue weighted by Crippen LogP contribution is 2.19. The standard InChI is InChI=1S/C16H19ClN4O2.ClH/c1-10(12-8-18-9-12)16(22)19-7-6-14-20-15(21-23-14)11-2-4-13(17)5-3-11;/h2-5,10,12,18H,6-9H2,1H3,(H,19,22);1H. The van der Waals surface area contributed by atoms with Crippen LogP contribution in [-0.4, -0.2) is 35.7 Å². The van der Waals surface area contributed by atoms with E-state index in [9.17, 15) is 4.79 Å². The minimum atomic E-state index is 0. The maximum absolute atomic E-state index is 12.0. The average Bonchev–Trinajstić information content (AvgIpc) is 2.95. The van der Waals surface area contributed by atoms with Gasteiger partial charge >= 0.3 is 0 Å². The molecule has 6 nitrogen and oxygen atoms in total. The third-order valence-electron chi connectivity index (χ3n) is 4.14. The van der Waals surface area contributed by atoms with Gasteiger partial charge < -0.3 is 15.2 Å². The number of nitrogens with one attached hydrogen (secondary N) is 2. The molecule has 1 amide bonds. The third-order valence-corrected chi connectivity index (χ3v) is 4.39. The molecule has 24 heavy (non-hydrogen) atoms. The van der Waals surface area contributed by atoms with Gasteiger partial charge in [0.2, 0.25) is 17.6 Å². The normalized spacial score (nSPS) is 15.2. The number of carbonyl (C=O) groups is 1. The Hall–Kier alpha value is -1.63. The highest BCUT2D eigenvalue weighted by Gasteiger charge is 2.28. The minimum absolute atomic E-state index is 0. The lowest BCUT2D eigenvalue weighted by Gasteiger charge is -2.31. The third kappa shape index (κ3) is 4.47. The lowest BCUT2D eigenvalue weighted by molar-refractivity contribution is -0.126. The van der Waals surface area contributed by atoms with Crippen molar-refractivity contribution in [1.29, 1.82) is 0 Å². The van der Waals surface area contributed by atoms with Gasteiger partial charge in [0.1, 0.15) is 0 Å². The number of aromatic nitrogens is 2. The van der Waals surface area contributed by atoms with Gasteiger partial charge in [0.05, 0.1) is 0 Å². The van der Waals surface area contributed by atoms with Gasteiger partial charge in [-0.05, 0) is 43.3 Å². The molecule has 0 radical (unpaired) electrons. The highest BCUT2D eigenvalue weighted by atomic mass is 35.5. The summed E-state index contributed by atoms with van der Waals surface area (Å²) in [5.74, 6) is 1.58. The SMILES string of the molecule is CC(C(=O)NCCc1nc(-c2ccc(Cl)cc2)no1)C1CNC1.Cl. The van der Waals surface area contributed by atoms with Crippen molar-refractivity contribution < 1.29 is 9.32 Å². The van der Waals surface area contributed by atoms with Crippen molar-refractivity contribution in [3.8, 4) is 11.4 Å². The van der Waals surface area contributed by atoms with E-state index in [1.54, 1.807) is 12.1 Å². The number of hydrogen-bond acceptors (Lipinski definition) is 5. The summed E-state index contributed by atoms with van der Waals surface area (Å²) < 4.78 is 5.22. The van der Waals surface area contributed by atoms with Gasteiger partial charge in [-0.25, -0.2) is 0 Å². The van der Waals surface area contributed by atoms with E-state index < -0.39 is 0 Å². The fraction of sp³-hybridized carbons (Fsp3) is 0.438. The first kappa shape index (κ1) is 18.7. The van der Waals surface area contributed by atoms with E-state index in [0.717, 1.165) is 18.7 Å². The van der Waals surface area contributed by atoms with E-state index in [1.165, 1.54) is 0 Å². The maximum atomic E-state index is 12.0. The zero-order valence-corrected chi connectivity index (χ0v) is 14.9. The first-order valence-corrected chi connectivity index (χ1v) is 8.08. The number of carbonyl (C=O) groups excluding carboxylic acids is 1. The van der Waals surface area contributed by atoms with Crippen LogP contribution in [0.2, 0.25) is 5.02 Å². The summed E-state index contributed by atoms with van der Waals surface area (Å²) in [7, 11) is 0. The molecule has 1 aliphatic rings. The molecule has 1 aliphatic heterocycles. The van der Waals surface area contributed by atoms with Crippen molar-refractivity contribution in [1.82, 2.24) is 20.8 Å². The fourth-order valence-electron chi connectivity index (χ4n) is 2.40. The summed E-state index contributed by atoms with van der Waals surface area (Å²) in [6, 6.07) is 7.24. The molecule has 2 aromatic rings. The molecule has 2 N–H and O–H groups in total. The molecule has 0 bridgehead atoms. The van der Waals surface area contributed by atoms with E-state index >= 15 is 0 Å². The molecule has 1 saturated heterocycles. The average molecular weight is 371 g/mol. The second-order valence-corrected chi connectivity index (χ2v) is 6.20. The first-order valence-electron chi connectivity index (χ1n) is 7.70. The predicted octanol–water partition coefficient (Wildman–Crippen LogP) is 2.33. The van der Waals surface area contributed by atoms with Gasteiger partial charge in [0.15, 0.2) is 0 Å². The van der Waals surface area contributed by atoms with E-state index in [0.29, 0.717) is 35.6 Å². The van der Waals surface area contributed by atoms with Crippen molar-refractivity contribution in [2.45, 2.75) is 13.3 Å². The van der Waals surface area contributed by atoms with E-state index in [1.807, 2.05) is 19.1 Å². The number of benzene rings is 1. The Morgan fingerprint density at radius 2 is 2.12 bits per heavy atom. The smallest absolute Gasteiger partial charge is 0.228 e. The minimum Gasteiger partial charge on any atom is -0.355 e. The summed E-state index contributed by atoms with van der Waals surface area (Å²) in [6.07, 6.45) is 0.516. The summed E-state index contributed by atoms with van der Waals surface area (Å²) in [4.78, 5) is 16.3. The van der Waals surface area contributed by atoms with Crippen molar-refractivity contribution in [2.75, 3.05) is 19.6 Å². The van der Waals surface area contributed by atoms with Gasteiger partial charge in [-0.15, -0.1) is 12.4 Å². The van der Waals surface area contributed by atoms with Crippen molar-refractivity contribution in [2.24, 2.45) is 11.8 Å². The second kappa shape index (κ2) is 8.46. The van der Waals surface area contributed by atoms with Gasteiger partial charge in [-0.2, -0.15) is 4.98 Å². The molecule has 130 valence electrons. The highest BCUT2D eigenvalue weighted by molar-refractivity contribution is 6.30. The number of nitrogens with zero attached hydrogens (tertiary/aromatic N) is 2. The van der Waals surface area contributed by atoms with Gasteiger partial charge in [-0.1, -0.05) is 23.7 Å². The Kier molecular flexibility index (Phi) is 6.60. The Labute approximate surface area is 151 Å². The molecule has 8 heteroatoms. The van der Waals surface area contributed by atoms with Gasteiger partial charge in [0, 0.05) is 29.5 Å². The van der Waals surface area contributed by atoms with Crippen LogP contribution in [0.3, 0.4) is 0 Å². The number of hydrogen-bond donors (Lipinski definition) is 2. The molecule has 1 aromatic carbocycles. The lowest BCUT2D eigenvalue weighted by Crippen LogP contribution is -2.49. The van der Waals surface area contributed by atoms with Crippen molar-refractivity contribution in [3.63, 3.8) is 0 Å². The molecule has 0 spiro atoms. The van der Waals surface area contributed by atoms with Crippen LogP contribution in [0.5, 0.6) is 0 Å². The van der Waals surface area contributed by atoms with Gasteiger partial charge in [-0.3, -0.25) is 4.79 Å². The van der Waals surface area contributed by atoms with Crippen molar-refractivity contribution >= 4 is 29.9 Å². The molecule has 2 heterocycles. The Morgan fingerprint density at radius 3 is 2.75 bits per heavy atom. The predicted molar refractivity (Wildman–Crippen MR) is 94.2 cm³/mol. The van der Waals surface area contributed by atoms with Crippen molar-refractivity contribution in [3.05, 3.63) is 35.2 Å². The van der Waals surface area contributed by atoms with Crippen LogP contribution < -0.4 is 10.6 Å². The topological polar surface area (TPSA) is 80.1 Å². The molecule has 1 aromatic heterocycles. The Bertz CT molecular complexity index is 671. The molecule has 3 rings (SSSR count). The molecular formula is C16H20Cl2N4O2. The van der Waals surface area contributed by atoms with Crippen LogP contribution in [0.25, 0.3) is 11.4 Å². The lowest BCUT2D eigenvalue weighted by atomic mass is 9.88. The molecule has 1 atom stereocenters. The molecular weight excluding hydrogens is 351 g/mol. The Morgan fingerprint density at radius 1 is 1.42 bits per heavy atom. The monoisotopic (exact) mass is 370 g/mol. The van der Waals surface area contributed by atoms with Crippen LogP contribution in [0, 0.1) is 11.8 Å². The number of amides is 1. The maximum Gasteiger partial charge on any atom is 0.228 e. The second-order valence-electron chi connectivity index (χ2n) is 5.77. The zero-order chi connectivity index (χ0) is 16.2. The number of rotatable bonds is 6. The summed E-state index contributed by atoms with van der Waals surface area (Å²) in [6.45, 7) is 4.29. The molecule has 0 aliphatic carbocycles. The summed E-state index contributed by atoms with van der Waals surface area (Å²) >= 11 is 5.86. The fourth-order valence-corrected chi connectivity index (χ4v) is 2.53. The van der Waals surface area contributed by atoms with Crippen LogP contribution in [0.1, 0.15) is 12.8 Å². The number of halogens is 2. The summed E-state index contributed by atoms with van der Waals surface area (Å²) in [5.41, 5.74) is 0.847. The quantitative estimate of drug-likeness (QED) is 0.815. The largest absolute Gasteiger partial charge is 0.355 e. The van der Waals surface area contributed by atoms with Crippen LogP contribution >= 0.6 is 24.0 Å². The van der Waals surface area contributed by atoms with E-state index in [4.69, 9.17) is 16.1 Å². The molecule has 1 fully saturated rings. The van der Waals surface area contributed by atoms with Gasteiger partial charge in [0.25, 0.3) is 0 Å². The van der Waals surface area contributed by atoms with Crippen LogP contribution in [0.4, 0.5) is 0 Å². The first-order chi connectivity index (χ1) is 11.1. The van der Waals surface area contributed by atoms with Crippen LogP contribution in [-0.2, 0) is 11.2 Å².